The van der Waals surface area contributed by atoms with Crippen molar-refractivity contribution in [2.24, 2.45) is 0 Å². The van der Waals surface area contributed by atoms with Crippen molar-refractivity contribution < 1.29 is 17.9 Å². The Labute approximate surface area is 213 Å². The zero-order chi connectivity index (χ0) is 25.7. The lowest BCUT2D eigenvalue weighted by Gasteiger charge is -2.41. The number of amides is 1. The second kappa shape index (κ2) is 11.4. The van der Waals surface area contributed by atoms with Crippen LogP contribution in [0.4, 0.5) is 0 Å². The predicted molar refractivity (Wildman–Crippen MR) is 143 cm³/mol. The Morgan fingerprint density at radius 3 is 2.47 bits per heavy atom. The van der Waals surface area contributed by atoms with Crippen molar-refractivity contribution in [2.75, 3.05) is 20.2 Å². The molecule has 1 amide bonds. The summed E-state index contributed by atoms with van der Waals surface area (Å²) >= 11 is 0. The Bertz CT molecular complexity index is 1300. The van der Waals surface area contributed by atoms with E-state index in [0.717, 1.165) is 18.2 Å². The summed E-state index contributed by atoms with van der Waals surface area (Å²) < 4.78 is 34.7. The van der Waals surface area contributed by atoms with Crippen LogP contribution in [-0.2, 0) is 10.0 Å². The zero-order valence-corrected chi connectivity index (χ0v) is 21.9. The smallest absolute Gasteiger partial charge is 0.251 e. The number of benzene rings is 3. The van der Waals surface area contributed by atoms with E-state index in [-0.39, 0.29) is 17.3 Å². The molecule has 1 saturated heterocycles. The van der Waals surface area contributed by atoms with Gasteiger partial charge in [0.1, 0.15) is 5.75 Å². The van der Waals surface area contributed by atoms with Gasteiger partial charge in [-0.1, -0.05) is 48.9 Å². The Morgan fingerprint density at radius 1 is 1.03 bits per heavy atom. The minimum atomic E-state index is -3.80. The molecule has 3 aromatic carbocycles. The second-order valence-electron chi connectivity index (χ2n) is 9.56. The first-order valence-corrected chi connectivity index (χ1v) is 13.9. The van der Waals surface area contributed by atoms with Crippen molar-refractivity contribution in [1.29, 1.82) is 0 Å². The molecular weight excluding hydrogens is 474 g/mol. The van der Waals surface area contributed by atoms with Crippen LogP contribution < -0.4 is 14.8 Å². The van der Waals surface area contributed by atoms with Gasteiger partial charge in [-0.2, -0.15) is 0 Å². The first kappa shape index (κ1) is 26.1. The molecule has 1 aliphatic rings. The maximum atomic E-state index is 13.4. The summed E-state index contributed by atoms with van der Waals surface area (Å²) in [6, 6.07) is 19.9. The maximum absolute atomic E-state index is 13.4. The van der Waals surface area contributed by atoms with Gasteiger partial charge in [0.15, 0.2) is 0 Å². The lowest BCUT2D eigenvalue weighted by Crippen LogP contribution is -2.54. The van der Waals surface area contributed by atoms with Crippen molar-refractivity contribution in [3.63, 3.8) is 0 Å². The van der Waals surface area contributed by atoms with E-state index >= 15 is 0 Å². The van der Waals surface area contributed by atoms with Crippen LogP contribution in [-0.4, -0.2) is 57.5 Å². The zero-order valence-electron chi connectivity index (χ0n) is 21.1. The Morgan fingerprint density at radius 2 is 1.72 bits per heavy atom. The number of nitrogens with one attached hydrogen (secondary N) is 2. The molecule has 1 heterocycles. The number of likely N-dealkylation sites (tertiary alicyclic amines) is 1. The van der Waals surface area contributed by atoms with Crippen LogP contribution in [0.2, 0.25) is 0 Å². The molecule has 0 spiro atoms. The van der Waals surface area contributed by atoms with Crippen LogP contribution in [0.1, 0.15) is 43.5 Å². The van der Waals surface area contributed by atoms with E-state index in [0.29, 0.717) is 35.3 Å². The molecule has 0 saturated carbocycles. The first-order valence-electron chi connectivity index (χ1n) is 12.5. The number of carbonyl (C=O) groups excluding carboxylic acids is 1. The van der Waals surface area contributed by atoms with Crippen LogP contribution in [0.25, 0.3) is 10.8 Å². The molecule has 2 N–H and O–H groups in total. The number of hydrogen-bond donors (Lipinski definition) is 2. The molecule has 3 atom stereocenters. The topological polar surface area (TPSA) is 87.7 Å². The van der Waals surface area contributed by atoms with Gasteiger partial charge in [-0.05, 0) is 56.3 Å². The number of methoxy groups -OCH3 is 1. The van der Waals surface area contributed by atoms with Gasteiger partial charge in [0.2, 0.25) is 10.0 Å². The Kier molecular flexibility index (Phi) is 8.28. The quantitative estimate of drug-likeness (QED) is 0.452. The van der Waals surface area contributed by atoms with E-state index in [1.54, 1.807) is 43.5 Å². The monoisotopic (exact) mass is 509 g/mol. The van der Waals surface area contributed by atoms with Crippen LogP contribution >= 0.6 is 0 Å². The van der Waals surface area contributed by atoms with E-state index in [1.165, 1.54) is 6.42 Å². The summed E-state index contributed by atoms with van der Waals surface area (Å²) in [6.45, 7) is 5.01. The molecule has 1 aliphatic heterocycles. The molecule has 0 bridgehead atoms. The third kappa shape index (κ3) is 6.06. The minimum absolute atomic E-state index is 0.0806. The van der Waals surface area contributed by atoms with Gasteiger partial charge >= 0.3 is 0 Å². The fourth-order valence-electron chi connectivity index (χ4n) is 5.00. The van der Waals surface area contributed by atoms with Gasteiger partial charge in [0, 0.05) is 36.1 Å². The molecule has 0 unspecified atom stereocenters. The standard InChI is InChI=1S/C28H35N3O4S/c1-20-9-6-10-21(2)31(20)19-24(30-28(32)23-13-7-14-25(17-23)35-3)18-29-36(33,34)27-16-8-12-22-11-4-5-15-26(22)27/h4-5,7-8,11-17,20-21,24,29H,6,9-10,18-19H2,1-3H3,(H,30,32)/t20-,21+,24-/m0/s1. The fourth-order valence-corrected chi connectivity index (χ4v) is 6.31. The lowest BCUT2D eigenvalue weighted by molar-refractivity contribution is 0.0799. The molecule has 1 fully saturated rings. The van der Waals surface area contributed by atoms with Gasteiger partial charge in [0.25, 0.3) is 5.91 Å². The molecular formula is C28H35N3O4S. The number of piperidine rings is 1. The van der Waals surface area contributed by atoms with E-state index in [4.69, 9.17) is 4.74 Å². The number of ether oxygens (including phenoxy) is 1. The second-order valence-corrected chi connectivity index (χ2v) is 11.3. The van der Waals surface area contributed by atoms with Gasteiger partial charge in [-0.3, -0.25) is 9.69 Å². The number of sulfonamides is 1. The van der Waals surface area contributed by atoms with Crippen molar-refractivity contribution in [1.82, 2.24) is 14.9 Å². The number of hydrogen-bond acceptors (Lipinski definition) is 5. The minimum Gasteiger partial charge on any atom is -0.497 e. The highest BCUT2D eigenvalue weighted by atomic mass is 32.2. The number of rotatable bonds is 9. The fraction of sp³-hybridized carbons (Fsp3) is 0.393. The average Bonchev–Trinajstić information content (AvgIpc) is 2.89. The molecule has 4 rings (SSSR count). The van der Waals surface area contributed by atoms with E-state index in [9.17, 15) is 13.2 Å². The molecule has 7 nitrogen and oxygen atoms in total. The van der Waals surface area contributed by atoms with Crippen LogP contribution in [0, 0.1) is 0 Å². The summed E-state index contributed by atoms with van der Waals surface area (Å²) in [4.78, 5) is 15.7. The SMILES string of the molecule is COc1cccc(C(=O)N[C@@H](CNS(=O)(=O)c2cccc3ccccc23)CN2[C@H](C)CCC[C@@H]2C)c1. The van der Waals surface area contributed by atoms with Crippen molar-refractivity contribution in [2.45, 2.75) is 56.1 Å². The molecule has 36 heavy (non-hydrogen) atoms. The normalized spacial score (nSPS) is 19.6. The van der Waals surface area contributed by atoms with Gasteiger partial charge in [-0.15, -0.1) is 0 Å². The van der Waals surface area contributed by atoms with E-state index < -0.39 is 16.1 Å². The summed E-state index contributed by atoms with van der Waals surface area (Å²) in [5.74, 6) is 0.328. The molecule has 0 aliphatic carbocycles. The summed E-state index contributed by atoms with van der Waals surface area (Å²) in [5, 5.41) is 4.60. The molecule has 8 heteroatoms. The molecule has 0 aromatic heterocycles. The third-order valence-electron chi connectivity index (χ3n) is 7.03. The first-order chi connectivity index (χ1) is 17.3. The predicted octanol–water partition coefficient (Wildman–Crippen LogP) is 4.19. The van der Waals surface area contributed by atoms with E-state index in [2.05, 4.69) is 28.8 Å². The van der Waals surface area contributed by atoms with Gasteiger partial charge in [0.05, 0.1) is 18.0 Å². The average molecular weight is 510 g/mol. The Hall–Kier alpha value is -2.94. The van der Waals surface area contributed by atoms with Crippen LogP contribution in [0.5, 0.6) is 5.75 Å². The van der Waals surface area contributed by atoms with Crippen molar-refractivity contribution in [3.05, 3.63) is 72.3 Å². The van der Waals surface area contributed by atoms with Crippen molar-refractivity contribution >= 4 is 26.7 Å². The number of carbonyl (C=O) groups is 1. The Balaban J connectivity index is 1.56. The molecule has 3 aromatic rings. The highest BCUT2D eigenvalue weighted by molar-refractivity contribution is 7.89. The van der Waals surface area contributed by atoms with Crippen molar-refractivity contribution in [3.8, 4) is 5.75 Å². The summed E-state index contributed by atoms with van der Waals surface area (Å²) in [6.07, 6.45) is 3.35. The largest absolute Gasteiger partial charge is 0.497 e. The molecule has 192 valence electrons. The lowest BCUT2D eigenvalue weighted by atomic mass is 9.97. The highest BCUT2D eigenvalue weighted by Gasteiger charge is 2.29. The maximum Gasteiger partial charge on any atom is 0.251 e. The van der Waals surface area contributed by atoms with Crippen LogP contribution in [0.3, 0.4) is 0 Å². The molecule has 0 radical (unpaired) electrons. The van der Waals surface area contributed by atoms with Gasteiger partial charge in [-0.25, -0.2) is 13.1 Å². The number of fused-ring (bicyclic) bond motifs is 1. The summed E-state index contributed by atoms with van der Waals surface area (Å²) in [5.41, 5.74) is 0.469. The van der Waals surface area contributed by atoms with Gasteiger partial charge < -0.3 is 10.1 Å². The summed E-state index contributed by atoms with van der Waals surface area (Å²) in [7, 11) is -2.24. The highest BCUT2D eigenvalue weighted by Crippen LogP contribution is 2.24. The third-order valence-corrected chi connectivity index (χ3v) is 8.52. The van der Waals surface area contributed by atoms with E-state index in [1.807, 2.05) is 30.3 Å². The van der Waals surface area contributed by atoms with Crippen LogP contribution in [0.15, 0.2) is 71.6 Å². The number of nitrogens with zero attached hydrogens (tertiary/aromatic N) is 1.